The van der Waals surface area contributed by atoms with Crippen LogP contribution in [0.15, 0.2) is 78.9 Å². The molecule has 3 rings (SSSR count). The molecule has 0 aliphatic rings. The molecule has 0 aromatic heterocycles. The Morgan fingerprint density at radius 3 is 2.21 bits per heavy atom. The number of rotatable bonds is 6. The van der Waals surface area contributed by atoms with E-state index < -0.39 is 0 Å². The smallest absolute Gasteiger partial charge is 0.254 e. The van der Waals surface area contributed by atoms with Crippen molar-refractivity contribution < 1.29 is 9.59 Å². The summed E-state index contributed by atoms with van der Waals surface area (Å²) < 4.78 is 0. The van der Waals surface area contributed by atoms with Gasteiger partial charge >= 0.3 is 0 Å². The highest BCUT2D eigenvalue weighted by atomic mass is 16.2. The minimum absolute atomic E-state index is 0.00756. The maximum absolute atomic E-state index is 12.9. The Balaban J connectivity index is 1.67. The van der Waals surface area contributed by atoms with Crippen LogP contribution in [0.25, 0.3) is 0 Å². The van der Waals surface area contributed by atoms with E-state index >= 15 is 0 Å². The monoisotopic (exact) mass is 372 g/mol. The van der Waals surface area contributed by atoms with E-state index in [1.54, 1.807) is 7.05 Å². The van der Waals surface area contributed by atoms with Crippen molar-refractivity contribution in [2.24, 2.45) is 0 Å². The lowest BCUT2D eigenvalue weighted by Crippen LogP contribution is -2.35. The number of anilines is 1. The van der Waals surface area contributed by atoms with Gasteiger partial charge in [0.05, 0.1) is 6.54 Å². The number of benzene rings is 3. The average molecular weight is 372 g/mol. The fraction of sp³-hybridized carbons (Fsp3) is 0.167. The van der Waals surface area contributed by atoms with E-state index in [4.69, 9.17) is 0 Å². The van der Waals surface area contributed by atoms with E-state index in [1.165, 1.54) is 4.90 Å². The molecule has 0 fully saturated rings. The van der Waals surface area contributed by atoms with Gasteiger partial charge in [-0.1, -0.05) is 66.2 Å². The molecule has 0 heterocycles. The lowest BCUT2D eigenvalue weighted by Gasteiger charge is -2.19. The van der Waals surface area contributed by atoms with Crippen molar-refractivity contribution in [1.82, 2.24) is 4.90 Å². The van der Waals surface area contributed by atoms with Gasteiger partial charge in [0.1, 0.15) is 0 Å². The minimum atomic E-state index is -0.222. The quantitative estimate of drug-likeness (QED) is 0.701. The second-order valence-electron chi connectivity index (χ2n) is 6.89. The molecule has 0 saturated carbocycles. The topological polar surface area (TPSA) is 49.4 Å². The predicted octanol–water partition coefficient (Wildman–Crippen LogP) is 4.30. The SMILES string of the molecule is Cc1ccc(NC(=O)CN(C)C(=O)c2ccccc2Cc2ccccc2)cc1. The van der Waals surface area contributed by atoms with E-state index in [2.05, 4.69) is 5.32 Å². The molecule has 4 nitrogen and oxygen atoms in total. The van der Waals surface area contributed by atoms with Gasteiger partial charge in [-0.25, -0.2) is 0 Å². The second kappa shape index (κ2) is 9.00. The lowest BCUT2D eigenvalue weighted by atomic mass is 9.99. The summed E-state index contributed by atoms with van der Waals surface area (Å²) in [5, 5.41) is 2.83. The van der Waals surface area contributed by atoms with Gasteiger partial charge in [-0.15, -0.1) is 0 Å². The highest BCUT2D eigenvalue weighted by molar-refractivity contribution is 6.00. The zero-order valence-corrected chi connectivity index (χ0v) is 16.2. The van der Waals surface area contributed by atoms with Crippen LogP contribution in [0.4, 0.5) is 5.69 Å². The fourth-order valence-electron chi connectivity index (χ4n) is 3.03. The molecule has 4 heteroatoms. The molecule has 0 unspecified atom stereocenters. The van der Waals surface area contributed by atoms with Crippen LogP contribution in [0, 0.1) is 6.92 Å². The van der Waals surface area contributed by atoms with Gasteiger partial charge in [0.15, 0.2) is 0 Å². The maximum Gasteiger partial charge on any atom is 0.254 e. The summed E-state index contributed by atoms with van der Waals surface area (Å²) in [7, 11) is 1.65. The molecule has 0 saturated heterocycles. The molecule has 0 bridgehead atoms. The lowest BCUT2D eigenvalue weighted by molar-refractivity contribution is -0.116. The van der Waals surface area contributed by atoms with Crippen molar-refractivity contribution in [3.63, 3.8) is 0 Å². The number of likely N-dealkylation sites (N-methyl/N-ethyl adjacent to an activating group) is 1. The molecule has 0 radical (unpaired) electrons. The van der Waals surface area contributed by atoms with Crippen LogP contribution in [0.3, 0.4) is 0 Å². The minimum Gasteiger partial charge on any atom is -0.332 e. The van der Waals surface area contributed by atoms with Crippen molar-refractivity contribution in [1.29, 1.82) is 0 Å². The number of nitrogens with zero attached hydrogens (tertiary/aromatic N) is 1. The Hall–Kier alpha value is -3.40. The number of amides is 2. The Kier molecular flexibility index (Phi) is 6.22. The number of carbonyl (C=O) groups excluding carboxylic acids is 2. The molecular weight excluding hydrogens is 348 g/mol. The molecule has 0 aliphatic heterocycles. The molecular formula is C24H24N2O2. The average Bonchev–Trinajstić information content (AvgIpc) is 2.70. The van der Waals surface area contributed by atoms with E-state index in [0.29, 0.717) is 12.0 Å². The number of hydrogen-bond acceptors (Lipinski definition) is 2. The Bertz CT molecular complexity index is 950. The summed E-state index contributed by atoms with van der Waals surface area (Å²) in [4.78, 5) is 26.7. The number of aryl methyl sites for hydroxylation is 1. The second-order valence-corrected chi connectivity index (χ2v) is 6.89. The highest BCUT2D eigenvalue weighted by Gasteiger charge is 2.18. The first-order chi connectivity index (χ1) is 13.5. The van der Waals surface area contributed by atoms with Crippen LogP contribution in [0.5, 0.6) is 0 Å². The maximum atomic E-state index is 12.9. The van der Waals surface area contributed by atoms with Crippen LogP contribution in [-0.4, -0.2) is 30.3 Å². The fourth-order valence-corrected chi connectivity index (χ4v) is 3.03. The van der Waals surface area contributed by atoms with E-state index in [9.17, 15) is 9.59 Å². The van der Waals surface area contributed by atoms with Gasteiger partial charge in [-0.2, -0.15) is 0 Å². The molecule has 2 amide bonds. The van der Waals surface area contributed by atoms with Gasteiger partial charge in [0, 0.05) is 18.3 Å². The third kappa shape index (κ3) is 5.07. The van der Waals surface area contributed by atoms with Crippen molar-refractivity contribution in [3.8, 4) is 0 Å². The molecule has 0 atom stereocenters. The molecule has 142 valence electrons. The largest absolute Gasteiger partial charge is 0.332 e. The van der Waals surface area contributed by atoms with Crippen LogP contribution < -0.4 is 5.32 Å². The first-order valence-electron chi connectivity index (χ1n) is 9.27. The van der Waals surface area contributed by atoms with Crippen LogP contribution in [0.2, 0.25) is 0 Å². The van der Waals surface area contributed by atoms with E-state index in [1.807, 2.05) is 85.8 Å². The van der Waals surface area contributed by atoms with Crippen molar-refractivity contribution in [2.75, 3.05) is 18.9 Å². The molecule has 28 heavy (non-hydrogen) atoms. The van der Waals surface area contributed by atoms with Crippen molar-refractivity contribution in [3.05, 3.63) is 101 Å². The summed E-state index contributed by atoms with van der Waals surface area (Å²) in [5.74, 6) is -0.383. The standard InChI is InChI=1S/C24H24N2O2/c1-18-12-14-21(15-13-18)25-23(27)17-26(2)24(28)22-11-7-6-10-20(22)16-19-8-4-3-5-9-19/h3-15H,16-17H2,1-2H3,(H,25,27). The zero-order valence-electron chi connectivity index (χ0n) is 16.2. The summed E-state index contributed by atoms with van der Waals surface area (Å²) in [6, 6.07) is 25.2. The molecule has 0 aliphatic carbocycles. The molecule has 0 spiro atoms. The van der Waals surface area contributed by atoms with E-state index in [-0.39, 0.29) is 18.4 Å². The van der Waals surface area contributed by atoms with Crippen molar-refractivity contribution in [2.45, 2.75) is 13.3 Å². The first-order valence-corrected chi connectivity index (χ1v) is 9.27. The number of carbonyl (C=O) groups is 2. The van der Waals surface area contributed by atoms with Gasteiger partial charge < -0.3 is 10.2 Å². The van der Waals surface area contributed by atoms with E-state index in [0.717, 1.165) is 22.4 Å². The van der Waals surface area contributed by atoms with Crippen molar-refractivity contribution >= 4 is 17.5 Å². The Morgan fingerprint density at radius 2 is 1.50 bits per heavy atom. The summed E-state index contributed by atoms with van der Waals surface area (Å²) in [6.07, 6.45) is 0.673. The normalized spacial score (nSPS) is 10.4. The Labute approximate surface area is 165 Å². The summed E-state index contributed by atoms with van der Waals surface area (Å²) in [6.45, 7) is 1.98. The predicted molar refractivity (Wildman–Crippen MR) is 112 cm³/mol. The van der Waals surface area contributed by atoms with Crippen LogP contribution >= 0.6 is 0 Å². The number of nitrogens with one attached hydrogen (secondary N) is 1. The molecule has 1 N–H and O–H groups in total. The van der Waals surface area contributed by atoms with Gasteiger partial charge in [0.25, 0.3) is 5.91 Å². The van der Waals surface area contributed by atoms with Crippen LogP contribution in [0.1, 0.15) is 27.0 Å². The third-order valence-electron chi connectivity index (χ3n) is 4.55. The highest BCUT2D eigenvalue weighted by Crippen LogP contribution is 2.16. The summed E-state index contributed by atoms with van der Waals surface area (Å²) in [5.41, 5.74) is 4.56. The molecule has 3 aromatic rings. The third-order valence-corrected chi connectivity index (χ3v) is 4.55. The van der Waals surface area contributed by atoms with Gasteiger partial charge in [-0.05, 0) is 42.7 Å². The van der Waals surface area contributed by atoms with Gasteiger partial charge in [0.2, 0.25) is 5.91 Å². The first kappa shape index (κ1) is 19.4. The Morgan fingerprint density at radius 1 is 0.857 bits per heavy atom. The van der Waals surface area contributed by atoms with Crippen LogP contribution in [-0.2, 0) is 11.2 Å². The summed E-state index contributed by atoms with van der Waals surface area (Å²) >= 11 is 0. The zero-order chi connectivity index (χ0) is 19.9. The van der Waals surface area contributed by atoms with Gasteiger partial charge in [-0.3, -0.25) is 9.59 Å². The number of hydrogen-bond donors (Lipinski definition) is 1. The molecule has 3 aromatic carbocycles.